The first-order valence-electron chi connectivity index (χ1n) is 8.56. The Hall–Kier alpha value is -2.87. The molecule has 2 aliphatic rings. The minimum Gasteiger partial charge on any atom is -0.477 e. The number of fused-ring (bicyclic) bond motifs is 1. The maximum absolute atomic E-state index is 14.3. The molecule has 2 aliphatic carbocycles. The van der Waals surface area contributed by atoms with E-state index in [0.717, 1.165) is 29.7 Å². The van der Waals surface area contributed by atoms with Gasteiger partial charge in [-0.3, -0.25) is 4.79 Å². The highest BCUT2D eigenvalue weighted by Gasteiger charge is 2.24. The lowest BCUT2D eigenvalue weighted by Crippen LogP contribution is -2.26. The molecule has 0 atom stereocenters. The first-order chi connectivity index (χ1) is 13.0. The number of carboxylic acids is 1. The third-order valence-electron chi connectivity index (χ3n) is 4.86. The van der Waals surface area contributed by atoms with Crippen molar-refractivity contribution in [1.82, 2.24) is 14.2 Å². The van der Waals surface area contributed by atoms with Crippen LogP contribution >= 0.6 is 11.5 Å². The molecule has 0 aromatic carbocycles. The second-order valence-corrected chi connectivity index (χ2v) is 7.13. The van der Waals surface area contributed by atoms with E-state index < -0.39 is 22.8 Å². The van der Waals surface area contributed by atoms with Crippen molar-refractivity contribution in [2.45, 2.75) is 32.2 Å². The van der Waals surface area contributed by atoms with Gasteiger partial charge in [0.25, 0.3) is 0 Å². The zero-order valence-electron chi connectivity index (χ0n) is 14.3. The van der Waals surface area contributed by atoms with Crippen molar-refractivity contribution >= 4 is 28.9 Å². The highest BCUT2D eigenvalue weighted by atomic mass is 32.1. The van der Waals surface area contributed by atoms with Gasteiger partial charge in [-0.2, -0.15) is 0 Å². The Balaban J connectivity index is 1.72. The summed E-state index contributed by atoms with van der Waals surface area (Å²) in [6.07, 6.45) is 9.25. The van der Waals surface area contributed by atoms with E-state index in [2.05, 4.69) is 9.59 Å². The Morgan fingerprint density at radius 1 is 1.30 bits per heavy atom. The Morgan fingerprint density at radius 3 is 2.81 bits per heavy atom. The highest BCUT2D eigenvalue weighted by Crippen LogP contribution is 2.29. The van der Waals surface area contributed by atoms with Gasteiger partial charge in [-0.25, -0.2) is 9.18 Å². The van der Waals surface area contributed by atoms with E-state index in [1.54, 1.807) is 4.57 Å². The summed E-state index contributed by atoms with van der Waals surface area (Å²) in [4.78, 5) is 23.8. The number of allylic oxidation sites excluding steroid dienone is 5. The number of aromatic carboxylic acids is 1. The minimum absolute atomic E-state index is 0.109. The molecule has 8 heteroatoms. The van der Waals surface area contributed by atoms with Gasteiger partial charge in [-0.1, -0.05) is 22.2 Å². The normalized spacial score (nSPS) is 16.3. The van der Waals surface area contributed by atoms with Gasteiger partial charge in [0.05, 0.1) is 5.56 Å². The Labute approximate surface area is 158 Å². The van der Waals surface area contributed by atoms with Crippen LogP contribution in [0.3, 0.4) is 0 Å². The maximum atomic E-state index is 14.3. The van der Waals surface area contributed by atoms with Crippen molar-refractivity contribution in [3.63, 3.8) is 0 Å². The Morgan fingerprint density at radius 2 is 2.15 bits per heavy atom. The summed E-state index contributed by atoms with van der Waals surface area (Å²) in [6.45, 7) is 0.426. The van der Waals surface area contributed by atoms with Crippen LogP contribution in [0.1, 0.15) is 46.6 Å². The average Bonchev–Trinajstić information content (AvgIpc) is 3.19. The molecule has 27 heavy (non-hydrogen) atoms. The lowest BCUT2D eigenvalue weighted by atomic mass is 9.95. The first kappa shape index (κ1) is 17.5. The highest BCUT2D eigenvalue weighted by molar-refractivity contribution is 7.03. The van der Waals surface area contributed by atoms with E-state index in [-0.39, 0.29) is 5.56 Å². The Bertz CT molecular complexity index is 1060. The van der Waals surface area contributed by atoms with Gasteiger partial charge in [-0.15, -0.1) is 5.10 Å². The molecular formula is C19H16FN3O3S. The predicted molar refractivity (Wildman–Crippen MR) is 100 cm³/mol. The fraction of sp³-hybridized carbons (Fsp3) is 0.263. The van der Waals surface area contributed by atoms with Gasteiger partial charge in [0.1, 0.15) is 17.1 Å². The number of hydrogen-bond donors (Lipinski definition) is 1. The number of carboxylic acid groups (broad SMARTS) is 1. The molecule has 2 aromatic heterocycles. The predicted octanol–water partition coefficient (Wildman–Crippen LogP) is 3.46. The topological polar surface area (TPSA) is 85.1 Å². The monoisotopic (exact) mass is 385 g/mol. The van der Waals surface area contributed by atoms with Crippen molar-refractivity contribution < 1.29 is 14.3 Å². The van der Waals surface area contributed by atoms with Gasteiger partial charge < -0.3 is 9.67 Å². The summed E-state index contributed by atoms with van der Waals surface area (Å²) in [6, 6.07) is 0. The first-order valence-corrected chi connectivity index (χ1v) is 9.40. The third kappa shape index (κ3) is 3.28. The molecule has 1 N–H and O–H groups in total. The molecule has 0 spiro atoms. The van der Waals surface area contributed by atoms with Crippen molar-refractivity contribution in [2.75, 3.05) is 0 Å². The van der Waals surface area contributed by atoms with E-state index >= 15 is 0 Å². The summed E-state index contributed by atoms with van der Waals surface area (Å²) >= 11 is 1.31. The van der Waals surface area contributed by atoms with Crippen molar-refractivity contribution in [1.29, 1.82) is 0 Å². The van der Waals surface area contributed by atoms with Gasteiger partial charge >= 0.3 is 5.97 Å². The van der Waals surface area contributed by atoms with E-state index in [0.29, 0.717) is 25.1 Å². The van der Waals surface area contributed by atoms with Gasteiger partial charge in [-0.05, 0) is 48.9 Å². The van der Waals surface area contributed by atoms with Crippen LogP contribution in [-0.4, -0.2) is 25.2 Å². The van der Waals surface area contributed by atoms with Crippen molar-refractivity contribution in [2.24, 2.45) is 0 Å². The molecule has 4 rings (SSSR count). The smallest absolute Gasteiger partial charge is 0.341 e. The molecule has 0 unspecified atom stereocenters. The molecule has 0 fully saturated rings. The third-order valence-corrected chi connectivity index (χ3v) is 5.37. The van der Waals surface area contributed by atoms with E-state index in [1.165, 1.54) is 23.8 Å². The Kier molecular flexibility index (Phi) is 4.57. The van der Waals surface area contributed by atoms with Gasteiger partial charge in [0.15, 0.2) is 0 Å². The van der Waals surface area contributed by atoms with E-state index in [4.69, 9.17) is 0 Å². The van der Waals surface area contributed by atoms with Crippen LogP contribution in [0.15, 0.2) is 40.2 Å². The van der Waals surface area contributed by atoms with Crippen LogP contribution in [0, 0.1) is 0 Å². The molecule has 0 saturated heterocycles. The maximum Gasteiger partial charge on any atom is 0.341 e. The number of carbonyl (C=O) groups is 1. The van der Waals surface area contributed by atoms with Crippen LogP contribution in [0.2, 0.25) is 0 Å². The average molecular weight is 385 g/mol. The summed E-state index contributed by atoms with van der Waals surface area (Å²) in [5.74, 6) is -1.97. The summed E-state index contributed by atoms with van der Waals surface area (Å²) < 4.78 is 19.9. The minimum atomic E-state index is -1.34. The fourth-order valence-corrected chi connectivity index (χ4v) is 3.98. The molecule has 6 nitrogen and oxygen atoms in total. The van der Waals surface area contributed by atoms with Crippen LogP contribution in [0.25, 0.3) is 11.4 Å². The number of halogens is 1. The zero-order chi connectivity index (χ0) is 19.0. The zero-order valence-corrected chi connectivity index (χ0v) is 15.1. The summed E-state index contributed by atoms with van der Waals surface area (Å²) in [5, 5.41) is 15.3. The van der Waals surface area contributed by atoms with Crippen LogP contribution in [-0.2, 0) is 13.0 Å². The van der Waals surface area contributed by atoms with Crippen molar-refractivity contribution in [3.8, 4) is 0 Å². The molecule has 0 amide bonds. The summed E-state index contributed by atoms with van der Waals surface area (Å²) in [5.41, 5.74) is 2.36. The van der Waals surface area contributed by atoms with E-state index in [9.17, 15) is 19.1 Å². The standard InChI is InChI=1S/C19H16FN3O3S/c20-14-2-1-3-16-17(14)18(24)13(19(25)26)9-23(16)8-11-4-6-12(7-5-11)15-10-27-22-21-15/h2,4,6,9-10H,1,3,5,7-8H2,(H,25,26). The molecule has 2 heterocycles. The van der Waals surface area contributed by atoms with Gasteiger partial charge in [0.2, 0.25) is 5.43 Å². The molecule has 0 bridgehead atoms. The molecule has 0 aliphatic heterocycles. The van der Waals surface area contributed by atoms with Crippen molar-refractivity contribution in [3.05, 3.63) is 68.1 Å². The molecule has 0 saturated carbocycles. The molecule has 138 valence electrons. The number of hydrogen-bond acceptors (Lipinski definition) is 5. The SMILES string of the molecule is O=C(O)c1cn(CC2=CC=C(c3csnn3)CC2)c2c(c1=O)C(F)=CCC2. The molecule has 0 radical (unpaired) electrons. The largest absolute Gasteiger partial charge is 0.477 e. The van der Waals surface area contributed by atoms with Gasteiger partial charge in [0, 0.05) is 23.8 Å². The lowest BCUT2D eigenvalue weighted by molar-refractivity contribution is 0.0694. The second-order valence-electron chi connectivity index (χ2n) is 6.52. The van der Waals surface area contributed by atoms with Crippen LogP contribution in [0.5, 0.6) is 0 Å². The summed E-state index contributed by atoms with van der Waals surface area (Å²) in [7, 11) is 0. The van der Waals surface area contributed by atoms with Crippen LogP contribution < -0.4 is 5.43 Å². The lowest BCUT2D eigenvalue weighted by Gasteiger charge is -2.22. The van der Waals surface area contributed by atoms with Crippen LogP contribution in [0.4, 0.5) is 4.39 Å². The number of nitrogens with zero attached hydrogens (tertiary/aromatic N) is 3. The second kappa shape index (κ2) is 7.03. The fourth-order valence-electron chi connectivity index (χ4n) is 3.50. The number of aromatic nitrogens is 3. The van der Waals surface area contributed by atoms with E-state index in [1.807, 2.05) is 17.5 Å². The molecular weight excluding hydrogens is 369 g/mol. The quantitative estimate of drug-likeness (QED) is 0.871. The number of rotatable bonds is 4. The number of pyridine rings is 1. The molecule has 2 aromatic rings.